The number of carbonyl (C=O) groups is 2. The summed E-state index contributed by atoms with van der Waals surface area (Å²) in [4.78, 5) is 26.0. The number of sulfonamides is 1. The summed E-state index contributed by atoms with van der Waals surface area (Å²) in [6.45, 7) is 4.13. The lowest BCUT2D eigenvalue weighted by molar-refractivity contribution is -0.133. The first-order chi connectivity index (χ1) is 13.8. The number of carbonyl (C=O) groups excluding carboxylic acids is 2. The predicted octanol–water partition coefficient (Wildman–Crippen LogP) is 2.53. The number of hydrogen-bond acceptors (Lipinski definition) is 5. The van der Waals surface area contributed by atoms with Crippen LogP contribution in [0.4, 0.5) is 0 Å². The maximum absolute atomic E-state index is 12.6. The fourth-order valence-electron chi connectivity index (χ4n) is 2.76. The number of benzene rings is 2. The van der Waals surface area contributed by atoms with Gasteiger partial charge in [0.2, 0.25) is 10.0 Å². The highest BCUT2D eigenvalue weighted by molar-refractivity contribution is 7.89. The first-order valence-electron chi connectivity index (χ1n) is 9.34. The summed E-state index contributed by atoms with van der Waals surface area (Å²) in [5.74, 6) is -1.10. The minimum Gasteiger partial charge on any atom is -0.452 e. The zero-order valence-corrected chi connectivity index (χ0v) is 17.7. The molecule has 0 atom stereocenters. The summed E-state index contributed by atoms with van der Waals surface area (Å²) in [7, 11) is -2.06. The van der Waals surface area contributed by atoms with Gasteiger partial charge >= 0.3 is 5.97 Å². The lowest BCUT2D eigenvalue weighted by Gasteiger charge is -2.19. The first-order valence-corrected chi connectivity index (χ1v) is 10.8. The number of ether oxygens (including phenoxy) is 1. The topological polar surface area (TPSA) is 84.0 Å². The molecular formula is C21H26N2O5S. The monoisotopic (exact) mass is 418 g/mol. The van der Waals surface area contributed by atoms with Gasteiger partial charge in [-0.05, 0) is 23.8 Å². The van der Waals surface area contributed by atoms with E-state index in [-0.39, 0.29) is 16.4 Å². The number of likely N-dealkylation sites (N-methyl/N-ethyl adjacent to an activating group) is 1. The van der Waals surface area contributed by atoms with E-state index in [1.165, 1.54) is 33.5 Å². The van der Waals surface area contributed by atoms with Gasteiger partial charge in [-0.3, -0.25) is 4.79 Å². The van der Waals surface area contributed by atoms with Crippen LogP contribution in [0.15, 0.2) is 59.5 Å². The van der Waals surface area contributed by atoms with Gasteiger partial charge in [0.1, 0.15) is 0 Å². The van der Waals surface area contributed by atoms with E-state index in [0.717, 1.165) is 5.56 Å². The van der Waals surface area contributed by atoms with Gasteiger partial charge in [-0.15, -0.1) is 0 Å². The minimum atomic E-state index is -3.69. The number of amides is 1. The van der Waals surface area contributed by atoms with Crippen LogP contribution in [0.1, 0.15) is 29.8 Å². The lowest BCUT2D eigenvalue weighted by Crippen LogP contribution is -2.31. The maximum Gasteiger partial charge on any atom is 0.338 e. The molecule has 0 aromatic heterocycles. The quantitative estimate of drug-likeness (QED) is 0.585. The van der Waals surface area contributed by atoms with Crippen LogP contribution in [0.2, 0.25) is 0 Å². The third-order valence-electron chi connectivity index (χ3n) is 4.43. The molecule has 2 rings (SSSR count). The molecule has 2 aromatic carbocycles. The molecular weight excluding hydrogens is 392 g/mol. The van der Waals surface area contributed by atoms with Gasteiger partial charge in [0.25, 0.3) is 5.91 Å². The van der Waals surface area contributed by atoms with Gasteiger partial charge in [0, 0.05) is 26.7 Å². The molecule has 0 unspecified atom stereocenters. The number of nitrogens with zero attached hydrogens (tertiary/aromatic N) is 2. The van der Waals surface area contributed by atoms with E-state index in [2.05, 4.69) is 0 Å². The molecule has 0 aliphatic rings. The Morgan fingerprint density at radius 1 is 0.966 bits per heavy atom. The molecule has 1 amide bonds. The van der Waals surface area contributed by atoms with Gasteiger partial charge in [-0.2, -0.15) is 4.31 Å². The Labute approximate surface area is 171 Å². The average molecular weight is 419 g/mol. The van der Waals surface area contributed by atoms with Crippen molar-refractivity contribution in [3.05, 3.63) is 65.7 Å². The van der Waals surface area contributed by atoms with E-state index < -0.39 is 22.6 Å². The Hall–Kier alpha value is -2.71. The SMILES string of the molecule is CCN(CC)S(=O)(=O)c1cccc(C(=O)OCC(=O)N(C)Cc2ccccc2)c1. The lowest BCUT2D eigenvalue weighted by atomic mass is 10.2. The van der Waals surface area contributed by atoms with E-state index in [0.29, 0.717) is 19.6 Å². The third kappa shape index (κ3) is 5.88. The molecule has 0 aliphatic carbocycles. The highest BCUT2D eigenvalue weighted by atomic mass is 32.2. The normalized spacial score (nSPS) is 11.3. The number of esters is 1. The fourth-order valence-corrected chi connectivity index (χ4v) is 4.27. The van der Waals surface area contributed by atoms with Crippen molar-refractivity contribution in [2.45, 2.75) is 25.3 Å². The van der Waals surface area contributed by atoms with Gasteiger partial charge in [0.15, 0.2) is 6.61 Å². The summed E-state index contributed by atoms with van der Waals surface area (Å²) >= 11 is 0. The van der Waals surface area contributed by atoms with Crippen LogP contribution in [-0.4, -0.2) is 56.2 Å². The van der Waals surface area contributed by atoms with Crippen LogP contribution >= 0.6 is 0 Å². The van der Waals surface area contributed by atoms with Crippen molar-refractivity contribution in [1.82, 2.24) is 9.21 Å². The van der Waals surface area contributed by atoms with Gasteiger partial charge < -0.3 is 9.64 Å². The summed E-state index contributed by atoms with van der Waals surface area (Å²) < 4.78 is 31.6. The molecule has 7 nitrogen and oxygen atoms in total. The van der Waals surface area contributed by atoms with Crippen LogP contribution in [0.5, 0.6) is 0 Å². The molecule has 2 aromatic rings. The summed E-state index contributed by atoms with van der Waals surface area (Å²) in [5.41, 5.74) is 1.04. The molecule has 0 N–H and O–H groups in total. The van der Waals surface area contributed by atoms with Crippen molar-refractivity contribution in [1.29, 1.82) is 0 Å². The second-order valence-electron chi connectivity index (χ2n) is 6.43. The van der Waals surface area contributed by atoms with Crippen LogP contribution in [0.25, 0.3) is 0 Å². The summed E-state index contributed by atoms with van der Waals surface area (Å²) in [6.07, 6.45) is 0. The van der Waals surface area contributed by atoms with Gasteiger partial charge in [-0.1, -0.05) is 50.2 Å². The van der Waals surface area contributed by atoms with Crippen LogP contribution < -0.4 is 0 Å². The first kappa shape index (κ1) is 22.6. The third-order valence-corrected chi connectivity index (χ3v) is 6.47. The number of hydrogen-bond donors (Lipinski definition) is 0. The molecule has 8 heteroatoms. The van der Waals surface area contributed by atoms with E-state index >= 15 is 0 Å². The van der Waals surface area contributed by atoms with Gasteiger partial charge in [-0.25, -0.2) is 13.2 Å². The molecule has 0 saturated carbocycles. The molecule has 0 fully saturated rings. The molecule has 0 heterocycles. The summed E-state index contributed by atoms with van der Waals surface area (Å²) in [5, 5.41) is 0. The van der Waals surface area contributed by atoms with Crippen molar-refractivity contribution >= 4 is 21.9 Å². The van der Waals surface area contributed by atoms with Crippen molar-refractivity contribution in [3.8, 4) is 0 Å². The summed E-state index contributed by atoms with van der Waals surface area (Å²) in [6, 6.07) is 15.1. The molecule has 0 radical (unpaired) electrons. The van der Waals surface area contributed by atoms with E-state index in [9.17, 15) is 18.0 Å². The van der Waals surface area contributed by atoms with Crippen molar-refractivity contribution in [3.63, 3.8) is 0 Å². The standard InChI is InChI=1S/C21H26N2O5S/c1-4-23(5-2)29(26,27)19-13-9-12-18(14-19)21(25)28-16-20(24)22(3)15-17-10-7-6-8-11-17/h6-14H,4-5,15-16H2,1-3H3. The molecule has 0 bridgehead atoms. The Morgan fingerprint density at radius 2 is 1.62 bits per heavy atom. The Bertz CT molecular complexity index is 941. The highest BCUT2D eigenvalue weighted by Gasteiger charge is 2.23. The van der Waals surface area contributed by atoms with Crippen LogP contribution in [-0.2, 0) is 26.1 Å². The Morgan fingerprint density at radius 3 is 2.24 bits per heavy atom. The Balaban J connectivity index is 2.01. The van der Waals surface area contributed by atoms with E-state index in [1.807, 2.05) is 30.3 Å². The number of rotatable bonds is 9. The van der Waals surface area contributed by atoms with Crippen molar-refractivity contribution in [2.24, 2.45) is 0 Å². The second-order valence-corrected chi connectivity index (χ2v) is 8.37. The smallest absolute Gasteiger partial charge is 0.338 e. The van der Waals surface area contributed by atoms with E-state index in [4.69, 9.17) is 4.74 Å². The molecule has 0 spiro atoms. The fraction of sp³-hybridized carbons (Fsp3) is 0.333. The highest BCUT2D eigenvalue weighted by Crippen LogP contribution is 2.17. The molecule has 156 valence electrons. The van der Waals surface area contributed by atoms with Crippen LogP contribution in [0, 0.1) is 0 Å². The average Bonchev–Trinajstić information content (AvgIpc) is 2.73. The zero-order chi connectivity index (χ0) is 21.4. The Kier molecular flexibility index (Phi) is 7.92. The van der Waals surface area contributed by atoms with Crippen molar-refractivity contribution < 1.29 is 22.7 Å². The zero-order valence-electron chi connectivity index (χ0n) is 16.9. The van der Waals surface area contributed by atoms with Crippen LogP contribution in [0.3, 0.4) is 0 Å². The van der Waals surface area contributed by atoms with Gasteiger partial charge in [0.05, 0.1) is 10.5 Å². The van der Waals surface area contributed by atoms with E-state index in [1.54, 1.807) is 20.9 Å². The predicted molar refractivity (Wildman–Crippen MR) is 110 cm³/mol. The second kappa shape index (κ2) is 10.2. The molecule has 0 saturated heterocycles. The molecule has 0 aliphatic heterocycles. The molecule has 29 heavy (non-hydrogen) atoms. The maximum atomic E-state index is 12.6. The minimum absolute atomic E-state index is 0.0168. The largest absolute Gasteiger partial charge is 0.452 e. The van der Waals surface area contributed by atoms with Crippen molar-refractivity contribution in [2.75, 3.05) is 26.7 Å².